The van der Waals surface area contributed by atoms with Gasteiger partial charge in [0.05, 0.1) is 5.69 Å². The average molecular weight is 306 g/mol. The summed E-state index contributed by atoms with van der Waals surface area (Å²) >= 11 is 1.67. The number of thioether (sulfide) groups is 1. The molecule has 2 rings (SSSR count). The first-order valence-corrected chi connectivity index (χ1v) is 8.16. The predicted molar refractivity (Wildman–Crippen MR) is 85.7 cm³/mol. The zero-order chi connectivity index (χ0) is 15.3. The van der Waals surface area contributed by atoms with Gasteiger partial charge in [-0.05, 0) is 39.2 Å². The van der Waals surface area contributed by atoms with Gasteiger partial charge in [-0.2, -0.15) is 0 Å². The van der Waals surface area contributed by atoms with Gasteiger partial charge in [-0.3, -0.25) is 0 Å². The van der Waals surface area contributed by atoms with E-state index in [0.29, 0.717) is 13.2 Å². The van der Waals surface area contributed by atoms with E-state index in [1.807, 2.05) is 36.6 Å². The Balaban J connectivity index is 1.91. The van der Waals surface area contributed by atoms with Crippen LogP contribution in [0.2, 0.25) is 0 Å². The Bertz CT molecular complexity index is 576. The lowest BCUT2D eigenvalue weighted by Gasteiger charge is -2.19. The first kappa shape index (κ1) is 15.9. The van der Waals surface area contributed by atoms with Crippen LogP contribution in [0.5, 0.6) is 5.75 Å². The van der Waals surface area contributed by atoms with Crippen LogP contribution in [-0.2, 0) is 13.2 Å². The van der Waals surface area contributed by atoms with Crippen LogP contribution in [0.25, 0.3) is 0 Å². The fourth-order valence-corrected chi connectivity index (χ4v) is 2.29. The highest BCUT2D eigenvalue weighted by molar-refractivity contribution is 7.98. The maximum absolute atomic E-state index is 5.80. The van der Waals surface area contributed by atoms with Gasteiger partial charge in [-0.1, -0.05) is 17.3 Å². The Morgan fingerprint density at radius 1 is 1.29 bits per heavy atom. The number of ether oxygens (including phenoxy) is 1. The van der Waals surface area contributed by atoms with Crippen molar-refractivity contribution < 1.29 is 9.26 Å². The smallest absolute Gasteiger partial charge is 0.174 e. The van der Waals surface area contributed by atoms with E-state index in [9.17, 15) is 0 Å². The molecule has 0 bridgehead atoms. The van der Waals surface area contributed by atoms with Crippen LogP contribution in [0.3, 0.4) is 0 Å². The van der Waals surface area contributed by atoms with Crippen molar-refractivity contribution in [2.75, 3.05) is 6.26 Å². The fraction of sp³-hybridized carbons (Fsp3) is 0.438. The minimum atomic E-state index is 0.0624. The van der Waals surface area contributed by atoms with Crippen molar-refractivity contribution in [1.82, 2.24) is 10.5 Å². The summed E-state index contributed by atoms with van der Waals surface area (Å²) in [5, 5.41) is 7.43. The number of aromatic nitrogens is 1. The number of rotatable bonds is 6. The van der Waals surface area contributed by atoms with Gasteiger partial charge in [0, 0.05) is 23.0 Å². The molecule has 114 valence electrons. The summed E-state index contributed by atoms with van der Waals surface area (Å²) in [5.41, 5.74) is 0.953. The highest BCUT2D eigenvalue weighted by Crippen LogP contribution is 2.27. The van der Waals surface area contributed by atoms with E-state index in [-0.39, 0.29) is 5.54 Å². The first-order chi connectivity index (χ1) is 9.98. The SMILES string of the molecule is CSc1ccccc1OCc1cc(CNC(C)(C)C)no1. The summed E-state index contributed by atoms with van der Waals surface area (Å²) in [5.74, 6) is 1.60. The maximum atomic E-state index is 5.80. The molecule has 1 N–H and O–H groups in total. The Morgan fingerprint density at radius 3 is 2.76 bits per heavy atom. The van der Waals surface area contributed by atoms with E-state index in [1.54, 1.807) is 11.8 Å². The van der Waals surface area contributed by atoms with E-state index in [0.717, 1.165) is 22.1 Å². The van der Waals surface area contributed by atoms with Crippen molar-refractivity contribution in [2.24, 2.45) is 0 Å². The van der Waals surface area contributed by atoms with Crippen LogP contribution in [0.4, 0.5) is 0 Å². The quantitative estimate of drug-likeness (QED) is 0.821. The Kier molecular flexibility index (Phi) is 5.31. The molecule has 0 atom stereocenters. The minimum Gasteiger partial charge on any atom is -0.484 e. The second kappa shape index (κ2) is 7.00. The van der Waals surface area contributed by atoms with Gasteiger partial charge in [0.25, 0.3) is 0 Å². The second-order valence-corrected chi connectivity index (χ2v) is 6.68. The number of para-hydroxylation sites is 1. The maximum Gasteiger partial charge on any atom is 0.174 e. The number of hydrogen-bond acceptors (Lipinski definition) is 5. The van der Waals surface area contributed by atoms with Gasteiger partial charge in [-0.25, -0.2) is 0 Å². The second-order valence-electron chi connectivity index (χ2n) is 5.83. The largest absolute Gasteiger partial charge is 0.484 e. The van der Waals surface area contributed by atoms with E-state index in [4.69, 9.17) is 9.26 Å². The zero-order valence-corrected chi connectivity index (χ0v) is 13.8. The number of hydrogen-bond donors (Lipinski definition) is 1. The van der Waals surface area contributed by atoms with Crippen LogP contribution in [0.15, 0.2) is 39.8 Å². The molecule has 5 heteroatoms. The molecule has 0 saturated heterocycles. The molecule has 0 saturated carbocycles. The third-order valence-electron chi connectivity index (χ3n) is 2.85. The lowest BCUT2D eigenvalue weighted by molar-refractivity contribution is 0.243. The lowest BCUT2D eigenvalue weighted by Crippen LogP contribution is -2.35. The Morgan fingerprint density at radius 2 is 2.05 bits per heavy atom. The summed E-state index contributed by atoms with van der Waals surface area (Å²) < 4.78 is 11.1. The molecule has 4 nitrogen and oxygen atoms in total. The molecule has 1 heterocycles. The molecule has 0 aliphatic heterocycles. The van der Waals surface area contributed by atoms with E-state index in [1.165, 1.54) is 0 Å². The minimum absolute atomic E-state index is 0.0624. The molecule has 0 aliphatic rings. The summed E-state index contributed by atoms with van der Waals surface area (Å²) in [6.07, 6.45) is 2.03. The molecule has 2 aromatic rings. The molecule has 0 fully saturated rings. The average Bonchev–Trinajstić information content (AvgIpc) is 2.90. The third-order valence-corrected chi connectivity index (χ3v) is 3.62. The van der Waals surface area contributed by atoms with Crippen molar-refractivity contribution in [3.8, 4) is 5.75 Å². The van der Waals surface area contributed by atoms with Gasteiger partial charge in [0.1, 0.15) is 12.4 Å². The molecule has 0 amide bonds. The zero-order valence-electron chi connectivity index (χ0n) is 13.0. The van der Waals surface area contributed by atoms with Crippen LogP contribution < -0.4 is 10.1 Å². The lowest BCUT2D eigenvalue weighted by atomic mass is 10.1. The van der Waals surface area contributed by atoms with E-state index < -0.39 is 0 Å². The summed E-state index contributed by atoms with van der Waals surface area (Å²) in [7, 11) is 0. The van der Waals surface area contributed by atoms with Crippen molar-refractivity contribution in [3.63, 3.8) is 0 Å². The van der Waals surface area contributed by atoms with Crippen LogP contribution in [0.1, 0.15) is 32.2 Å². The van der Waals surface area contributed by atoms with Crippen LogP contribution in [0, 0.1) is 0 Å². The molecular weight excluding hydrogens is 284 g/mol. The van der Waals surface area contributed by atoms with Gasteiger partial charge < -0.3 is 14.6 Å². The van der Waals surface area contributed by atoms with E-state index >= 15 is 0 Å². The summed E-state index contributed by atoms with van der Waals surface area (Å²) in [4.78, 5) is 1.12. The van der Waals surface area contributed by atoms with Crippen LogP contribution in [-0.4, -0.2) is 17.0 Å². The fourth-order valence-electron chi connectivity index (χ4n) is 1.75. The number of nitrogens with one attached hydrogen (secondary N) is 1. The normalized spacial score (nSPS) is 11.6. The molecule has 21 heavy (non-hydrogen) atoms. The van der Waals surface area contributed by atoms with Crippen molar-refractivity contribution in [2.45, 2.75) is 44.4 Å². The Hall–Kier alpha value is -1.46. The monoisotopic (exact) mass is 306 g/mol. The van der Waals surface area contributed by atoms with E-state index in [2.05, 4.69) is 31.2 Å². The topological polar surface area (TPSA) is 47.3 Å². The number of nitrogens with zero attached hydrogens (tertiary/aromatic N) is 1. The van der Waals surface area contributed by atoms with Crippen molar-refractivity contribution >= 4 is 11.8 Å². The highest BCUT2D eigenvalue weighted by atomic mass is 32.2. The summed E-state index contributed by atoms with van der Waals surface area (Å²) in [6.45, 7) is 7.44. The van der Waals surface area contributed by atoms with Crippen molar-refractivity contribution in [3.05, 3.63) is 41.8 Å². The standard InChI is InChI=1S/C16H22N2O2S/c1-16(2,3)17-10-12-9-13(20-18-12)11-19-14-7-5-6-8-15(14)21-4/h5-9,17H,10-11H2,1-4H3. The predicted octanol–water partition coefficient (Wildman–Crippen LogP) is 3.86. The molecule has 1 aromatic heterocycles. The van der Waals surface area contributed by atoms with Gasteiger partial charge in [-0.15, -0.1) is 11.8 Å². The van der Waals surface area contributed by atoms with Gasteiger partial charge in [0.15, 0.2) is 5.76 Å². The third kappa shape index (κ3) is 5.10. The Labute approximate surface area is 130 Å². The molecule has 0 unspecified atom stereocenters. The summed E-state index contributed by atoms with van der Waals surface area (Å²) in [6, 6.07) is 9.90. The molecule has 1 aromatic carbocycles. The number of benzene rings is 1. The van der Waals surface area contributed by atoms with Crippen LogP contribution >= 0.6 is 11.8 Å². The molecular formula is C16H22N2O2S. The highest BCUT2D eigenvalue weighted by Gasteiger charge is 2.11. The van der Waals surface area contributed by atoms with Gasteiger partial charge in [0.2, 0.25) is 0 Å². The first-order valence-electron chi connectivity index (χ1n) is 6.93. The molecule has 0 radical (unpaired) electrons. The molecule has 0 spiro atoms. The molecule has 0 aliphatic carbocycles. The van der Waals surface area contributed by atoms with Gasteiger partial charge >= 0.3 is 0 Å². The van der Waals surface area contributed by atoms with Crippen molar-refractivity contribution in [1.29, 1.82) is 0 Å².